The molecule has 0 fully saturated rings. The topological polar surface area (TPSA) is 34.0 Å². The van der Waals surface area contributed by atoms with Crippen molar-refractivity contribution in [2.75, 3.05) is 20.4 Å². The first kappa shape index (κ1) is 18.8. The van der Waals surface area contributed by atoms with Gasteiger partial charge in [0.2, 0.25) is 0 Å². The zero-order valence-corrected chi connectivity index (χ0v) is 17.9. The molecule has 2 rings (SSSR count). The second kappa shape index (κ2) is 6.06. The Hall–Kier alpha value is -0.560. The van der Waals surface area contributed by atoms with Gasteiger partial charge in [0.05, 0.1) is 0 Å². The van der Waals surface area contributed by atoms with Gasteiger partial charge in [-0.1, -0.05) is 0 Å². The van der Waals surface area contributed by atoms with Crippen molar-refractivity contribution in [2.24, 2.45) is 0 Å². The van der Waals surface area contributed by atoms with Crippen molar-refractivity contribution in [2.45, 2.75) is 51.9 Å². The first-order valence-electron chi connectivity index (χ1n) is 8.19. The molecule has 130 valence electrons. The molecular weight excluding hydrogens is 322 g/mol. The summed E-state index contributed by atoms with van der Waals surface area (Å²) in [6.07, 6.45) is 0. The number of aromatic nitrogens is 3. The van der Waals surface area contributed by atoms with Crippen molar-refractivity contribution < 1.29 is 0 Å². The fourth-order valence-electron chi connectivity index (χ4n) is 2.87. The monoisotopic (exact) mass is 354 g/mol. The van der Waals surface area contributed by atoms with Crippen molar-refractivity contribution in [3.8, 4) is 0 Å². The minimum atomic E-state index is -2.11. The third-order valence-corrected chi connectivity index (χ3v) is 15.4. The Morgan fingerprint density at radius 3 is 2.17 bits per heavy atom. The van der Waals surface area contributed by atoms with E-state index in [9.17, 15) is 0 Å². The fraction of sp³-hybridized carbons (Fsp3) is 0.647. The van der Waals surface area contributed by atoms with Crippen LogP contribution < -0.4 is 0 Å². The standard InChI is InChI=1S/C17H32N4P2/c1-16(2,3)22(8)20(7)23(9,17(4,5)6)21-15-13-11-10-12-14(15)18-19-21/h10-13,23H,1-9H3/t22-/m0/s1. The normalized spacial score (nSPS) is 16.1. The molecular formula is C17H32N4P2. The predicted octanol–water partition coefficient (Wildman–Crippen LogP) is 5.04. The van der Waals surface area contributed by atoms with Crippen LogP contribution in [0.3, 0.4) is 0 Å². The van der Waals surface area contributed by atoms with Gasteiger partial charge in [-0.05, 0) is 0 Å². The SMILES string of the molecule is CN([P@@](C)C(C)(C)C)[PH](C)(n1nnc2ccccc21)C(C)(C)C. The number of fused-ring (bicyclic) bond motifs is 1. The third kappa shape index (κ3) is 3.18. The summed E-state index contributed by atoms with van der Waals surface area (Å²) in [5, 5.41) is 9.46. The number of para-hydroxylation sites is 1. The van der Waals surface area contributed by atoms with Gasteiger partial charge in [-0.25, -0.2) is 0 Å². The van der Waals surface area contributed by atoms with Gasteiger partial charge in [-0.2, -0.15) is 0 Å². The molecule has 1 heterocycles. The molecule has 1 aromatic carbocycles. The Balaban J connectivity index is 2.66. The van der Waals surface area contributed by atoms with Crippen molar-refractivity contribution in [3.63, 3.8) is 0 Å². The van der Waals surface area contributed by atoms with E-state index in [2.05, 4.69) is 99.3 Å². The molecule has 0 saturated heterocycles. The summed E-state index contributed by atoms with van der Waals surface area (Å²) in [5.41, 5.74) is 2.14. The van der Waals surface area contributed by atoms with Gasteiger partial charge >= 0.3 is 142 Å². The first-order chi connectivity index (χ1) is 10.4. The molecule has 0 amide bonds. The molecule has 6 heteroatoms. The number of hydrogen-bond acceptors (Lipinski definition) is 3. The number of nitrogens with zero attached hydrogens (tertiary/aromatic N) is 4. The second-order valence-electron chi connectivity index (χ2n) is 8.48. The van der Waals surface area contributed by atoms with E-state index in [4.69, 9.17) is 0 Å². The van der Waals surface area contributed by atoms with Crippen LogP contribution in [0, 0.1) is 0 Å². The van der Waals surface area contributed by atoms with E-state index in [1.54, 1.807) is 0 Å². The van der Waals surface area contributed by atoms with Crippen molar-refractivity contribution in [1.82, 2.24) is 19.2 Å². The van der Waals surface area contributed by atoms with Gasteiger partial charge in [0, 0.05) is 0 Å². The Morgan fingerprint density at radius 1 is 1.09 bits per heavy atom. The molecule has 1 aromatic heterocycles. The van der Waals surface area contributed by atoms with E-state index in [-0.39, 0.29) is 18.4 Å². The van der Waals surface area contributed by atoms with Crippen LogP contribution in [0.15, 0.2) is 24.3 Å². The van der Waals surface area contributed by atoms with Crippen molar-refractivity contribution >= 4 is 26.7 Å². The van der Waals surface area contributed by atoms with Gasteiger partial charge < -0.3 is 0 Å². The molecule has 4 nitrogen and oxygen atoms in total. The first-order valence-corrected chi connectivity index (χ1v) is 12.3. The number of benzene rings is 1. The van der Waals surface area contributed by atoms with E-state index in [0.29, 0.717) is 0 Å². The van der Waals surface area contributed by atoms with Crippen molar-refractivity contribution in [1.29, 1.82) is 0 Å². The summed E-state index contributed by atoms with van der Waals surface area (Å²) in [7, 11) is -0.103. The van der Waals surface area contributed by atoms with Gasteiger partial charge in [-0.3, -0.25) is 0 Å². The zero-order valence-electron chi connectivity index (χ0n) is 16.0. The molecule has 0 unspecified atom stereocenters. The van der Waals surface area contributed by atoms with E-state index in [0.717, 1.165) is 11.0 Å². The Bertz CT molecular complexity index is 684. The molecule has 0 saturated carbocycles. The average Bonchev–Trinajstić information content (AvgIpc) is 2.86. The second-order valence-corrected chi connectivity index (χ2v) is 16.5. The van der Waals surface area contributed by atoms with Crippen molar-refractivity contribution in [3.05, 3.63) is 24.3 Å². The Kier molecular flexibility index (Phi) is 4.95. The molecule has 0 aliphatic rings. The minimum absolute atomic E-state index is 0.139. The van der Waals surface area contributed by atoms with Gasteiger partial charge in [0.1, 0.15) is 0 Å². The molecule has 0 radical (unpaired) electrons. The maximum absolute atomic E-state index is 4.62. The van der Waals surface area contributed by atoms with E-state index < -0.39 is 7.56 Å². The number of rotatable bonds is 3. The molecule has 2 aromatic rings. The summed E-state index contributed by atoms with van der Waals surface area (Å²) in [4.78, 5) is 0. The molecule has 23 heavy (non-hydrogen) atoms. The predicted molar refractivity (Wildman–Crippen MR) is 107 cm³/mol. The van der Waals surface area contributed by atoms with Crippen LogP contribution in [0.2, 0.25) is 0 Å². The van der Waals surface area contributed by atoms with Crippen LogP contribution in [-0.2, 0) is 0 Å². The molecule has 0 bridgehead atoms. The van der Waals surface area contributed by atoms with Crippen LogP contribution in [0.4, 0.5) is 0 Å². The summed E-state index contributed by atoms with van der Waals surface area (Å²) in [6.45, 7) is 18.9. The third-order valence-electron chi connectivity index (χ3n) is 5.24. The van der Waals surface area contributed by atoms with Gasteiger partial charge in [-0.15, -0.1) is 0 Å². The number of hydrogen-bond donors (Lipinski definition) is 0. The molecule has 1 atom stereocenters. The maximum atomic E-state index is 4.62. The summed E-state index contributed by atoms with van der Waals surface area (Å²) in [5.74, 6) is 0. The average molecular weight is 354 g/mol. The molecule has 0 aliphatic carbocycles. The molecule has 0 aliphatic heterocycles. The summed E-state index contributed by atoms with van der Waals surface area (Å²) in [6, 6.07) is 8.31. The Morgan fingerprint density at radius 2 is 1.65 bits per heavy atom. The van der Waals surface area contributed by atoms with Gasteiger partial charge in [0.25, 0.3) is 0 Å². The van der Waals surface area contributed by atoms with E-state index >= 15 is 0 Å². The summed E-state index contributed by atoms with van der Waals surface area (Å²) >= 11 is 0. The zero-order chi connectivity index (χ0) is 17.6. The van der Waals surface area contributed by atoms with E-state index in [1.165, 1.54) is 0 Å². The Labute approximate surface area is 142 Å². The quantitative estimate of drug-likeness (QED) is 0.724. The molecule has 0 spiro atoms. The van der Waals surface area contributed by atoms with Crippen LogP contribution in [-0.4, -0.2) is 49.9 Å². The van der Waals surface area contributed by atoms with Crippen LogP contribution in [0.25, 0.3) is 11.0 Å². The molecule has 0 N–H and O–H groups in total. The van der Waals surface area contributed by atoms with Crippen LogP contribution in [0.5, 0.6) is 0 Å². The summed E-state index contributed by atoms with van der Waals surface area (Å²) < 4.78 is 4.91. The van der Waals surface area contributed by atoms with Crippen LogP contribution >= 0.6 is 15.6 Å². The van der Waals surface area contributed by atoms with Crippen LogP contribution in [0.1, 0.15) is 41.5 Å². The fourth-order valence-corrected chi connectivity index (χ4v) is 10.9. The van der Waals surface area contributed by atoms with E-state index in [1.807, 2.05) is 6.07 Å². The van der Waals surface area contributed by atoms with Gasteiger partial charge in [0.15, 0.2) is 0 Å².